The van der Waals surface area contributed by atoms with Crippen molar-refractivity contribution in [1.29, 1.82) is 0 Å². The lowest BCUT2D eigenvalue weighted by Gasteiger charge is -1.94. The van der Waals surface area contributed by atoms with Crippen molar-refractivity contribution < 1.29 is 22.8 Å². The number of halogens is 2. The molecule has 0 fully saturated rings. The molecule has 0 aliphatic carbocycles. The van der Waals surface area contributed by atoms with Crippen molar-refractivity contribution in [2.45, 2.75) is 0 Å². The highest BCUT2D eigenvalue weighted by atomic mass is 19.2. The maximum atomic E-state index is 12.8. The summed E-state index contributed by atoms with van der Waals surface area (Å²) in [6.45, 7) is 0. The van der Waals surface area contributed by atoms with E-state index in [1.807, 2.05) is 0 Å². The Kier molecular flexibility index (Phi) is 1.07. The van der Waals surface area contributed by atoms with Crippen molar-refractivity contribution in [2.24, 2.45) is 0 Å². The highest BCUT2D eigenvalue weighted by Gasteiger charge is 2.06. The first kappa shape index (κ1) is 4.43. The third-order valence-corrected chi connectivity index (χ3v) is 0.939. The number of carbonyl (C=O) groups is 1. The average molecular weight is 161 g/mol. The van der Waals surface area contributed by atoms with Crippen LogP contribution in [0.5, 0.6) is 0 Å². The zero-order chi connectivity index (χ0) is 11.0. The molecule has 0 aliphatic rings. The predicted octanol–water partition coefficient (Wildman–Crippen LogP) is 1.66. The Labute approximate surface area is 65.3 Å². The van der Waals surface area contributed by atoms with Crippen molar-refractivity contribution in [2.75, 3.05) is 0 Å². The van der Waals surface area contributed by atoms with Gasteiger partial charge in [-0.25, -0.2) is 13.6 Å². The molecule has 1 N–H and O–H groups in total. The van der Waals surface area contributed by atoms with Crippen LogP contribution in [0.1, 0.15) is 14.5 Å². The highest BCUT2D eigenvalue weighted by molar-refractivity contribution is 5.87. The Bertz CT molecular complexity index is 391. The average Bonchev–Trinajstić information content (AvgIpc) is 2.11. The minimum Gasteiger partial charge on any atom is -0.478 e. The first-order valence-corrected chi connectivity index (χ1v) is 2.56. The third kappa shape index (κ3) is 1.52. The number of aromatic carboxylic acids is 1. The number of hydrogen-bond donors (Lipinski definition) is 1. The summed E-state index contributed by atoms with van der Waals surface area (Å²) >= 11 is 0. The fourth-order valence-electron chi connectivity index (χ4n) is 0.475. The number of hydrogen-bond acceptors (Lipinski definition) is 1. The standard InChI is InChI=1S/C7H4F2O2/c8-5-2-1-4(7(10)11)3-6(5)9/h1-3H,(H,10,11)/i1D,2D,3D. The summed E-state index contributed by atoms with van der Waals surface area (Å²) in [4.78, 5) is 10.4. The molecule has 11 heavy (non-hydrogen) atoms. The summed E-state index contributed by atoms with van der Waals surface area (Å²) < 4.78 is 46.2. The van der Waals surface area contributed by atoms with Gasteiger partial charge in [-0.2, -0.15) is 0 Å². The molecule has 4 heteroatoms. The van der Waals surface area contributed by atoms with Gasteiger partial charge in [0, 0.05) is 0 Å². The van der Waals surface area contributed by atoms with Crippen molar-refractivity contribution in [3.8, 4) is 0 Å². The van der Waals surface area contributed by atoms with Crippen LogP contribution < -0.4 is 0 Å². The molecule has 0 atom stereocenters. The van der Waals surface area contributed by atoms with Gasteiger partial charge in [0.2, 0.25) is 0 Å². The Morgan fingerprint density at radius 1 is 1.45 bits per heavy atom. The smallest absolute Gasteiger partial charge is 0.335 e. The fraction of sp³-hybridized carbons (Fsp3) is 0. The molecule has 1 aromatic rings. The van der Waals surface area contributed by atoms with Crippen LogP contribution in [-0.4, -0.2) is 11.1 Å². The molecule has 1 rings (SSSR count). The third-order valence-electron chi connectivity index (χ3n) is 0.939. The molecule has 0 bridgehead atoms. The molecule has 0 saturated heterocycles. The van der Waals surface area contributed by atoms with E-state index >= 15 is 0 Å². The Morgan fingerprint density at radius 2 is 2.09 bits per heavy atom. The quantitative estimate of drug-likeness (QED) is 0.680. The molecular formula is C7H4F2O2. The zero-order valence-electron chi connectivity index (χ0n) is 8.11. The molecule has 0 amide bonds. The highest BCUT2D eigenvalue weighted by Crippen LogP contribution is 2.07. The largest absolute Gasteiger partial charge is 0.478 e. The van der Waals surface area contributed by atoms with Crippen LogP contribution in [0.3, 0.4) is 0 Å². The van der Waals surface area contributed by atoms with Gasteiger partial charge < -0.3 is 5.11 Å². The predicted molar refractivity (Wildman–Crippen MR) is 33.3 cm³/mol. The van der Waals surface area contributed by atoms with Gasteiger partial charge in [0.05, 0.1) is 9.68 Å². The lowest BCUT2D eigenvalue weighted by Crippen LogP contribution is -1.97. The number of carboxylic acids is 1. The SMILES string of the molecule is [2H]c1c([2H])c(C(=O)O)c([2H])c(F)c1F. The van der Waals surface area contributed by atoms with Gasteiger partial charge in [-0.3, -0.25) is 0 Å². The summed E-state index contributed by atoms with van der Waals surface area (Å²) in [5, 5.41) is 8.47. The summed E-state index contributed by atoms with van der Waals surface area (Å²) in [6.07, 6.45) is 0. The molecule has 0 spiro atoms. The van der Waals surface area contributed by atoms with Crippen LogP contribution in [0.2, 0.25) is 0 Å². The normalized spacial score (nSPS) is 13.5. The van der Waals surface area contributed by atoms with Gasteiger partial charge in [-0.15, -0.1) is 0 Å². The van der Waals surface area contributed by atoms with E-state index in [2.05, 4.69) is 0 Å². The van der Waals surface area contributed by atoms with E-state index in [1.165, 1.54) is 0 Å². The van der Waals surface area contributed by atoms with Gasteiger partial charge in [0.1, 0.15) is 0 Å². The van der Waals surface area contributed by atoms with Crippen LogP contribution >= 0.6 is 0 Å². The zero-order valence-corrected chi connectivity index (χ0v) is 5.11. The topological polar surface area (TPSA) is 37.3 Å². The fourth-order valence-corrected chi connectivity index (χ4v) is 0.475. The Balaban J connectivity index is 3.68. The monoisotopic (exact) mass is 161 g/mol. The van der Waals surface area contributed by atoms with E-state index in [4.69, 9.17) is 9.22 Å². The summed E-state index contributed by atoms with van der Waals surface area (Å²) in [6, 6.07) is -3.37. The van der Waals surface area contributed by atoms with E-state index in [0.29, 0.717) is 0 Å². The number of rotatable bonds is 1. The molecule has 0 saturated carbocycles. The second-order valence-corrected chi connectivity index (χ2v) is 1.68. The first-order chi connectivity index (χ1) is 6.37. The molecular weight excluding hydrogens is 154 g/mol. The summed E-state index contributed by atoms with van der Waals surface area (Å²) in [7, 11) is 0. The van der Waals surface area contributed by atoms with Gasteiger partial charge in [-0.1, -0.05) is 0 Å². The van der Waals surface area contributed by atoms with E-state index < -0.39 is 41.3 Å². The van der Waals surface area contributed by atoms with Crippen molar-refractivity contribution in [3.63, 3.8) is 0 Å². The number of benzene rings is 1. The lowest BCUT2D eigenvalue weighted by atomic mass is 10.2. The van der Waals surface area contributed by atoms with Crippen LogP contribution in [0, 0.1) is 11.6 Å². The second kappa shape index (κ2) is 2.65. The van der Waals surface area contributed by atoms with E-state index in [1.54, 1.807) is 0 Å². The minimum atomic E-state index is -1.73. The molecule has 2 nitrogen and oxygen atoms in total. The second-order valence-electron chi connectivity index (χ2n) is 1.68. The summed E-state index contributed by atoms with van der Waals surface area (Å²) in [5.41, 5.74) is -1.01. The minimum absolute atomic E-state index is 0.999. The molecule has 58 valence electrons. The van der Waals surface area contributed by atoms with Crippen LogP contribution in [0.25, 0.3) is 0 Å². The van der Waals surface area contributed by atoms with Gasteiger partial charge in [0.25, 0.3) is 0 Å². The molecule has 0 aliphatic heterocycles. The van der Waals surface area contributed by atoms with Crippen LogP contribution in [0.4, 0.5) is 8.78 Å². The molecule has 0 heterocycles. The molecule has 0 aromatic heterocycles. The van der Waals surface area contributed by atoms with Crippen molar-refractivity contribution in [3.05, 3.63) is 35.3 Å². The molecule has 0 radical (unpaired) electrons. The Hall–Kier alpha value is -1.45. The Morgan fingerprint density at radius 3 is 2.64 bits per heavy atom. The van der Waals surface area contributed by atoms with E-state index in [-0.39, 0.29) is 0 Å². The molecule has 0 unspecified atom stereocenters. The molecule has 1 aromatic carbocycles. The lowest BCUT2D eigenvalue weighted by molar-refractivity contribution is 0.0696. The summed E-state index contributed by atoms with van der Waals surface area (Å²) in [5.74, 6) is -5.12. The van der Waals surface area contributed by atoms with Crippen molar-refractivity contribution >= 4 is 5.97 Å². The van der Waals surface area contributed by atoms with Gasteiger partial charge in [-0.05, 0) is 18.1 Å². The van der Waals surface area contributed by atoms with Gasteiger partial charge in [0.15, 0.2) is 11.6 Å². The van der Waals surface area contributed by atoms with Gasteiger partial charge >= 0.3 is 5.97 Å². The first-order valence-electron chi connectivity index (χ1n) is 4.06. The maximum Gasteiger partial charge on any atom is 0.335 e. The van der Waals surface area contributed by atoms with Crippen LogP contribution in [0.15, 0.2) is 18.1 Å². The number of carboxylic acid groups (broad SMARTS) is 1. The van der Waals surface area contributed by atoms with E-state index in [0.717, 1.165) is 0 Å². The van der Waals surface area contributed by atoms with E-state index in [9.17, 15) is 13.6 Å². The van der Waals surface area contributed by atoms with Crippen LogP contribution in [-0.2, 0) is 0 Å². The maximum absolute atomic E-state index is 12.8. The van der Waals surface area contributed by atoms with Crippen molar-refractivity contribution in [1.82, 2.24) is 0 Å².